The first-order valence-electron chi connectivity index (χ1n) is 28.7. The minimum absolute atomic E-state index is 0.0863. The first kappa shape index (κ1) is 64.6. The van der Waals surface area contributed by atoms with E-state index in [1.807, 2.05) is 24.3 Å². The number of rotatable bonds is 51. The van der Waals surface area contributed by atoms with Gasteiger partial charge in [0, 0.05) is 19.3 Å². The number of esters is 3. The fourth-order valence-corrected chi connectivity index (χ4v) is 7.93. The van der Waals surface area contributed by atoms with Crippen LogP contribution in [-0.2, 0) is 28.6 Å². The molecule has 0 rings (SSSR count). The summed E-state index contributed by atoms with van der Waals surface area (Å²) in [6, 6.07) is 0. The van der Waals surface area contributed by atoms with Gasteiger partial charge in [-0.3, -0.25) is 14.4 Å². The van der Waals surface area contributed by atoms with E-state index in [1.165, 1.54) is 148 Å². The number of ether oxygens (including phenoxy) is 3. The van der Waals surface area contributed by atoms with Crippen LogP contribution in [0.4, 0.5) is 0 Å². The highest BCUT2D eigenvalue weighted by Crippen LogP contribution is 2.16. The molecule has 0 spiro atoms. The van der Waals surface area contributed by atoms with Crippen LogP contribution in [0.3, 0.4) is 0 Å². The van der Waals surface area contributed by atoms with Crippen LogP contribution in [0.25, 0.3) is 0 Å². The Bertz CT molecular complexity index is 1320. The van der Waals surface area contributed by atoms with Crippen LogP contribution in [0.15, 0.2) is 85.1 Å². The topological polar surface area (TPSA) is 78.9 Å². The second-order valence-corrected chi connectivity index (χ2v) is 19.0. The van der Waals surface area contributed by atoms with Crippen molar-refractivity contribution in [3.63, 3.8) is 0 Å². The third-order valence-electron chi connectivity index (χ3n) is 12.3. The van der Waals surface area contributed by atoms with Crippen molar-refractivity contribution < 1.29 is 28.6 Å². The quantitative estimate of drug-likeness (QED) is 0.0262. The molecule has 0 saturated heterocycles. The van der Waals surface area contributed by atoms with Crippen molar-refractivity contribution in [2.24, 2.45) is 0 Å². The SMILES string of the molecule is CCC\C=C/C=C\C=C/C=C\C=C/CCCCCCCC(=O)OC(COC(=O)CCCCCCCCCCCC/C=C\C=C/CCCCC)COC(=O)CCCCCCCCCCCCCCC. The Labute approximate surface area is 420 Å². The number of hydrogen-bond acceptors (Lipinski definition) is 6. The Morgan fingerprint density at radius 1 is 0.294 bits per heavy atom. The number of hydrogen-bond donors (Lipinski definition) is 0. The van der Waals surface area contributed by atoms with Crippen molar-refractivity contribution in [2.45, 2.75) is 277 Å². The third kappa shape index (κ3) is 53.5. The molecule has 0 bridgehead atoms. The number of carbonyl (C=O) groups excluding carboxylic acids is 3. The molecule has 0 N–H and O–H groups in total. The molecule has 390 valence electrons. The maximum Gasteiger partial charge on any atom is 0.306 e. The molecule has 6 nitrogen and oxygen atoms in total. The number of unbranched alkanes of at least 4 members (excludes halogenated alkanes) is 31. The van der Waals surface area contributed by atoms with Crippen molar-refractivity contribution >= 4 is 17.9 Å². The van der Waals surface area contributed by atoms with Gasteiger partial charge in [-0.15, -0.1) is 0 Å². The predicted octanol–water partition coefficient (Wildman–Crippen LogP) is 19.2. The van der Waals surface area contributed by atoms with Crippen molar-refractivity contribution in [3.8, 4) is 0 Å². The third-order valence-corrected chi connectivity index (χ3v) is 12.3. The molecule has 0 aromatic carbocycles. The molecule has 0 heterocycles. The summed E-state index contributed by atoms with van der Waals surface area (Å²) in [5.41, 5.74) is 0. The first-order valence-corrected chi connectivity index (χ1v) is 28.7. The van der Waals surface area contributed by atoms with Crippen LogP contribution in [0.2, 0.25) is 0 Å². The van der Waals surface area contributed by atoms with E-state index in [1.54, 1.807) is 0 Å². The summed E-state index contributed by atoms with van der Waals surface area (Å²) in [4.78, 5) is 38.1. The average Bonchev–Trinajstić information content (AvgIpc) is 3.34. The van der Waals surface area contributed by atoms with Gasteiger partial charge in [-0.25, -0.2) is 0 Å². The standard InChI is InChI=1S/C62H106O6/c1-4-7-10-13-16-19-22-25-27-29-31-33-34-37-40-43-46-49-52-55-61(64)67-58-59(57-66-60(63)54-51-48-45-42-39-36-24-21-18-15-12-9-6-3)68-62(65)56-53-50-47-44-41-38-35-32-30-28-26-23-20-17-14-11-8-5-2/h11,14,16-17,19-20,22-23,25-26,28,30,32,35,59H,4-10,12-13,15,18,21,24,27,29,31,33-34,36-58H2,1-3H3/b14-11-,19-16-,20-17-,25-22-,26-23-,30-28-,35-32-. The van der Waals surface area contributed by atoms with E-state index >= 15 is 0 Å². The molecule has 0 aromatic rings. The average molecular weight is 948 g/mol. The van der Waals surface area contributed by atoms with Crippen LogP contribution in [0, 0.1) is 0 Å². The van der Waals surface area contributed by atoms with E-state index in [2.05, 4.69) is 81.5 Å². The van der Waals surface area contributed by atoms with Gasteiger partial charge in [0.25, 0.3) is 0 Å². The smallest absolute Gasteiger partial charge is 0.306 e. The predicted molar refractivity (Wildman–Crippen MR) is 293 cm³/mol. The molecule has 0 radical (unpaired) electrons. The minimum Gasteiger partial charge on any atom is -0.462 e. The zero-order chi connectivity index (χ0) is 49.3. The largest absolute Gasteiger partial charge is 0.462 e. The molecule has 0 saturated carbocycles. The monoisotopic (exact) mass is 947 g/mol. The molecule has 0 aromatic heterocycles. The molecule has 68 heavy (non-hydrogen) atoms. The van der Waals surface area contributed by atoms with Gasteiger partial charge in [0.2, 0.25) is 0 Å². The summed E-state index contributed by atoms with van der Waals surface area (Å²) in [6.45, 7) is 6.52. The molecular weight excluding hydrogens is 841 g/mol. The van der Waals surface area contributed by atoms with E-state index < -0.39 is 6.10 Å². The highest BCUT2D eigenvalue weighted by Gasteiger charge is 2.19. The second-order valence-electron chi connectivity index (χ2n) is 19.0. The molecule has 0 aliphatic rings. The van der Waals surface area contributed by atoms with E-state index in [-0.39, 0.29) is 31.1 Å². The van der Waals surface area contributed by atoms with Crippen molar-refractivity contribution in [2.75, 3.05) is 13.2 Å². The Morgan fingerprint density at radius 3 is 0.926 bits per heavy atom. The van der Waals surface area contributed by atoms with Crippen LogP contribution in [0.5, 0.6) is 0 Å². The van der Waals surface area contributed by atoms with Crippen LogP contribution in [0.1, 0.15) is 271 Å². The fraction of sp³-hybridized carbons (Fsp3) is 0.726. The highest BCUT2D eigenvalue weighted by atomic mass is 16.6. The summed E-state index contributed by atoms with van der Waals surface area (Å²) >= 11 is 0. The number of allylic oxidation sites excluding steroid dienone is 14. The lowest BCUT2D eigenvalue weighted by Crippen LogP contribution is -2.30. The Hall–Kier alpha value is -3.41. The van der Waals surface area contributed by atoms with E-state index in [4.69, 9.17) is 14.2 Å². The van der Waals surface area contributed by atoms with E-state index in [0.717, 1.165) is 83.5 Å². The van der Waals surface area contributed by atoms with Crippen molar-refractivity contribution in [1.82, 2.24) is 0 Å². The minimum atomic E-state index is -0.790. The van der Waals surface area contributed by atoms with Gasteiger partial charge in [-0.2, -0.15) is 0 Å². The molecule has 0 fully saturated rings. The lowest BCUT2D eigenvalue weighted by molar-refractivity contribution is -0.167. The van der Waals surface area contributed by atoms with Crippen molar-refractivity contribution in [3.05, 3.63) is 85.1 Å². The zero-order valence-corrected chi connectivity index (χ0v) is 44.6. The fourth-order valence-electron chi connectivity index (χ4n) is 7.93. The Balaban J connectivity index is 4.42. The summed E-state index contributed by atoms with van der Waals surface area (Å²) in [5.74, 6) is -0.908. The molecule has 0 aliphatic heterocycles. The van der Waals surface area contributed by atoms with Gasteiger partial charge < -0.3 is 14.2 Å². The lowest BCUT2D eigenvalue weighted by Gasteiger charge is -2.18. The van der Waals surface area contributed by atoms with Crippen LogP contribution >= 0.6 is 0 Å². The van der Waals surface area contributed by atoms with Gasteiger partial charge in [-0.05, 0) is 64.2 Å². The molecule has 0 aliphatic carbocycles. The lowest BCUT2D eigenvalue weighted by atomic mass is 10.0. The highest BCUT2D eigenvalue weighted by molar-refractivity contribution is 5.71. The van der Waals surface area contributed by atoms with Crippen LogP contribution in [-0.4, -0.2) is 37.2 Å². The zero-order valence-electron chi connectivity index (χ0n) is 44.6. The maximum absolute atomic E-state index is 12.8. The van der Waals surface area contributed by atoms with E-state index in [9.17, 15) is 14.4 Å². The first-order chi connectivity index (χ1) is 33.5. The van der Waals surface area contributed by atoms with Crippen molar-refractivity contribution in [1.29, 1.82) is 0 Å². The second kappa shape index (κ2) is 56.2. The molecular formula is C62H106O6. The normalized spacial score (nSPS) is 12.7. The molecule has 6 heteroatoms. The van der Waals surface area contributed by atoms with Gasteiger partial charge in [0.1, 0.15) is 13.2 Å². The summed E-state index contributed by atoms with van der Waals surface area (Å²) in [7, 11) is 0. The van der Waals surface area contributed by atoms with Crippen LogP contribution < -0.4 is 0 Å². The van der Waals surface area contributed by atoms with Gasteiger partial charge in [0.15, 0.2) is 6.10 Å². The summed E-state index contributed by atoms with van der Waals surface area (Å²) in [6.07, 6.45) is 72.7. The molecule has 1 unspecified atom stereocenters. The molecule has 0 amide bonds. The summed E-state index contributed by atoms with van der Waals surface area (Å²) in [5, 5.41) is 0. The molecule has 1 atom stereocenters. The van der Waals surface area contributed by atoms with E-state index in [0.29, 0.717) is 19.3 Å². The number of carbonyl (C=O) groups is 3. The maximum atomic E-state index is 12.8. The summed E-state index contributed by atoms with van der Waals surface area (Å²) < 4.78 is 16.9. The van der Waals surface area contributed by atoms with Gasteiger partial charge in [-0.1, -0.05) is 273 Å². The van der Waals surface area contributed by atoms with Gasteiger partial charge >= 0.3 is 17.9 Å². The Morgan fingerprint density at radius 2 is 0.559 bits per heavy atom. The Kier molecular flexibility index (Phi) is 53.4. The van der Waals surface area contributed by atoms with Gasteiger partial charge in [0.05, 0.1) is 0 Å².